The number of unbranched alkanes of at least 4 members (excludes halogenated alkanes) is 12. The molecule has 4 rings (SSSR count). The molecular formula is C32H47N4O6S+. The molecule has 0 aliphatic carbocycles. The second kappa shape index (κ2) is 19.0. The molecule has 4 aromatic rings. The Bertz CT molecular complexity index is 1250. The normalized spacial score (nSPS) is 12.0. The zero-order valence-corrected chi connectivity index (χ0v) is 26.5. The van der Waals surface area contributed by atoms with Crippen molar-refractivity contribution in [3.8, 4) is 17.6 Å². The van der Waals surface area contributed by atoms with Crippen molar-refractivity contribution in [2.24, 2.45) is 0 Å². The molecule has 0 aliphatic rings. The molecule has 10 nitrogen and oxygen atoms in total. The highest BCUT2D eigenvalue weighted by atomic mass is 32.1. The smallest absolute Gasteiger partial charge is 0.254 e. The minimum Gasteiger partial charge on any atom is -0.471 e. The number of aromatic nitrogens is 4. The van der Waals surface area contributed by atoms with Crippen LogP contribution in [0.4, 0.5) is 0 Å². The van der Waals surface area contributed by atoms with Crippen LogP contribution in [-0.2, 0) is 13.0 Å². The summed E-state index contributed by atoms with van der Waals surface area (Å²) < 4.78 is 35.7. The van der Waals surface area contributed by atoms with Gasteiger partial charge in [0.05, 0.1) is 11.4 Å². The highest BCUT2D eigenvalue weighted by molar-refractivity contribution is 7.07. The molecular weight excluding hydrogens is 568 g/mol. The van der Waals surface area contributed by atoms with E-state index >= 15 is 0 Å². The zero-order valence-electron chi connectivity index (χ0n) is 25.7. The SMILES string of the molecule is CCCCCCCCCCCCCCCc1cc(OCC(COc2cc(C[n+]3ccsc3)on2)Oc2cc(C)on2)no1. The molecule has 0 aromatic carbocycles. The third-order valence-corrected chi connectivity index (χ3v) is 7.87. The Balaban J connectivity index is 1.12. The standard InChI is InChI=1S/C32H47N4O6S/c1-3-4-5-6-7-8-9-10-11-12-13-14-15-16-27-20-30(33-41-27)37-23-29(39-32-19-26(2)40-35-32)24-38-31-21-28(42-34-31)22-36-17-18-43-25-36/h17-21,25,29H,3-16,22-24H2,1-2H3/q+1. The second-order valence-electron chi connectivity index (χ2n) is 11.1. The summed E-state index contributed by atoms with van der Waals surface area (Å²) in [6.45, 7) is 4.99. The van der Waals surface area contributed by atoms with Crippen LogP contribution in [0.15, 0.2) is 48.9 Å². The summed E-state index contributed by atoms with van der Waals surface area (Å²) in [4.78, 5) is 0. The van der Waals surface area contributed by atoms with Crippen LogP contribution in [-0.4, -0.2) is 34.8 Å². The van der Waals surface area contributed by atoms with Gasteiger partial charge in [-0.15, -0.1) is 0 Å². The highest BCUT2D eigenvalue weighted by Gasteiger charge is 2.19. The minimum atomic E-state index is -0.503. The van der Waals surface area contributed by atoms with Gasteiger partial charge in [-0.05, 0) is 28.8 Å². The van der Waals surface area contributed by atoms with Crippen molar-refractivity contribution < 1.29 is 32.3 Å². The van der Waals surface area contributed by atoms with E-state index in [1.807, 2.05) is 27.7 Å². The molecule has 0 N–H and O–H groups in total. The zero-order chi connectivity index (χ0) is 30.0. The van der Waals surface area contributed by atoms with Gasteiger partial charge in [-0.25, -0.2) is 0 Å². The number of nitrogens with zero attached hydrogens (tertiary/aromatic N) is 4. The number of rotatable bonds is 24. The van der Waals surface area contributed by atoms with E-state index in [4.69, 9.17) is 27.8 Å². The summed E-state index contributed by atoms with van der Waals surface area (Å²) in [7, 11) is 0. The van der Waals surface area contributed by atoms with Gasteiger partial charge >= 0.3 is 0 Å². The first-order chi connectivity index (χ1) is 21.2. The van der Waals surface area contributed by atoms with Crippen molar-refractivity contribution in [2.45, 2.75) is 116 Å². The fourth-order valence-corrected chi connectivity index (χ4v) is 5.41. The third kappa shape index (κ3) is 12.8. The van der Waals surface area contributed by atoms with Crippen LogP contribution in [0, 0.1) is 6.92 Å². The lowest BCUT2D eigenvalue weighted by Gasteiger charge is -2.16. The summed E-state index contributed by atoms with van der Waals surface area (Å²) >= 11 is 1.61. The van der Waals surface area contributed by atoms with Gasteiger partial charge < -0.3 is 27.8 Å². The number of aryl methyl sites for hydroxylation is 2. The Labute approximate surface area is 258 Å². The Morgan fingerprint density at radius 3 is 1.88 bits per heavy atom. The maximum Gasteiger partial charge on any atom is 0.254 e. The van der Waals surface area contributed by atoms with Crippen molar-refractivity contribution in [3.63, 3.8) is 0 Å². The van der Waals surface area contributed by atoms with Crippen LogP contribution >= 0.6 is 11.3 Å². The Hall–Kier alpha value is -3.34. The fraction of sp³-hybridized carbons (Fsp3) is 0.625. The summed E-state index contributed by atoms with van der Waals surface area (Å²) in [6.07, 6.45) is 19.7. The summed E-state index contributed by atoms with van der Waals surface area (Å²) in [5.41, 5.74) is 2.00. The van der Waals surface area contributed by atoms with Gasteiger partial charge in [-0.3, -0.25) is 0 Å². The van der Waals surface area contributed by atoms with Crippen LogP contribution in [0.3, 0.4) is 0 Å². The first-order valence-corrected chi connectivity index (χ1v) is 16.8. The van der Waals surface area contributed by atoms with Gasteiger partial charge in [0.1, 0.15) is 24.7 Å². The predicted molar refractivity (Wildman–Crippen MR) is 163 cm³/mol. The van der Waals surface area contributed by atoms with Crippen molar-refractivity contribution >= 4 is 11.3 Å². The molecule has 0 aliphatic heterocycles. The van der Waals surface area contributed by atoms with Crippen LogP contribution in [0.25, 0.3) is 0 Å². The molecule has 11 heteroatoms. The van der Waals surface area contributed by atoms with E-state index in [-0.39, 0.29) is 13.2 Å². The molecule has 4 aromatic heterocycles. The Kier molecular flexibility index (Phi) is 14.4. The molecule has 0 amide bonds. The third-order valence-electron chi connectivity index (χ3n) is 7.19. The van der Waals surface area contributed by atoms with Crippen LogP contribution in [0.1, 0.15) is 108 Å². The molecule has 1 unspecified atom stereocenters. The van der Waals surface area contributed by atoms with E-state index in [0.29, 0.717) is 35.7 Å². The topological polar surface area (TPSA) is 110 Å². The first-order valence-electron chi connectivity index (χ1n) is 15.9. The molecule has 0 saturated carbocycles. The predicted octanol–water partition coefficient (Wildman–Crippen LogP) is 7.90. The van der Waals surface area contributed by atoms with Gasteiger partial charge in [-0.2, -0.15) is 4.57 Å². The summed E-state index contributed by atoms with van der Waals surface area (Å²) in [6, 6.07) is 5.33. The lowest BCUT2D eigenvalue weighted by atomic mass is 10.0. The molecule has 1 atom stereocenters. The number of hydrogen-bond donors (Lipinski definition) is 0. The number of ether oxygens (including phenoxy) is 3. The summed E-state index contributed by atoms with van der Waals surface area (Å²) in [5.74, 6) is 3.32. The van der Waals surface area contributed by atoms with Crippen molar-refractivity contribution in [2.75, 3.05) is 13.2 Å². The largest absolute Gasteiger partial charge is 0.471 e. The van der Waals surface area contributed by atoms with E-state index in [0.717, 1.165) is 18.6 Å². The van der Waals surface area contributed by atoms with Gasteiger partial charge in [0.15, 0.2) is 12.3 Å². The van der Waals surface area contributed by atoms with E-state index in [1.54, 1.807) is 30.4 Å². The first kappa shape index (κ1) is 32.6. The van der Waals surface area contributed by atoms with E-state index in [2.05, 4.69) is 22.4 Å². The molecule has 236 valence electrons. The van der Waals surface area contributed by atoms with Crippen LogP contribution < -0.4 is 18.8 Å². The molecule has 0 fully saturated rings. The van der Waals surface area contributed by atoms with Crippen LogP contribution in [0.5, 0.6) is 17.6 Å². The monoisotopic (exact) mass is 615 g/mol. The van der Waals surface area contributed by atoms with Crippen LogP contribution in [0.2, 0.25) is 0 Å². The maximum absolute atomic E-state index is 5.96. The minimum absolute atomic E-state index is 0.160. The summed E-state index contributed by atoms with van der Waals surface area (Å²) in [5, 5.41) is 14.0. The number of hydrogen-bond acceptors (Lipinski definition) is 10. The van der Waals surface area contributed by atoms with Gasteiger partial charge in [-0.1, -0.05) is 95.3 Å². The van der Waals surface area contributed by atoms with Crippen molar-refractivity contribution in [1.29, 1.82) is 0 Å². The Morgan fingerprint density at radius 2 is 1.30 bits per heavy atom. The molecule has 0 saturated heterocycles. The molecule has 0 spiro atoms. The second-order valence-corrected chi connectivity index (χ2v) is 11.8. The van der Waals surface area contributed by atoms with E-state index in [1.165, 1.54) is 77.0 Å². The highest BCUT2D eigenvalue weighted by Crippen LogP contribution is 2.19. The quantitative estimate of drug-likeness (QED) is 0.0574. The molecule has 43 heavy (non-hydrogen) atoms. The average molecular weight is 616 g/mol. The Morgan fingerprint density at radius 1 is 0.721 bits per heavy atom. The van der Waals surface area contributed by atoms with E-state index < -0.39 is 6.10 Å². The van der Waals surface area contributed by atoms with E-state index in [9.17, 15) is 0 Å². The van der Waals surface area contributed by atoms with Gasteiger partial charge in [0, 0.05) is 18.6 Å². The molecule has 4 heterocycles. The van der Waals surface area contributed by atoms with Gasteiger partial charge in [0.25, 0.3) is 17.6 Å². The lowest BCUT2D eigenvalue weighted by Crippen LogP contribution is -2.31. The lowest BCUT2D eigenvalue weighted by molar-refractivity contribution is -0.685. The number of thiazole rings is 1. The van der Waals surface area contributed by atoms with Crippen molar-refractivity contribution in [3.05, 3.63) is 52.6 Å². The fourth-order valence-electron chi connectivity index (χ4n) is 4.81. The van der Waals surface area contributed by atoms with Gasteiger partial charge in [0.2, 0.25) is 17.8 Å². The van der Waals surface area contributed by atoms with Crippen molar-refractivity contribution in [1.82, 2.24) is 15.5 Å². The molecule has 0 radical (unpaired) electrons. The molecule has 0 bridgehead atoms. The maximum atomic E-state index is 5.96. The average Bonchev–Trinajstić information content (AvgIpc) is 3.83.